The Morgan fingerprint density at radius 2 is 1.93 bits per heavy atom. The molecule has 7 nitrogen and oxygen atoms in total. The molecule has 11 heteroatoms. The molecular formula is C17H14ClF3N4O3. The van der Waals surface area contributed by atoms with Crippen LogP contribution in [0.2, 0.25) is 5.02 Å². The summed E-state index contributed by atoms with van der Waals surface area (Å²) in [5.74, 6) is -4.45. The summed E-state index contributed by atoms with van der Waals surface area (Å²) in [4.78, 5) is 29.5. The first kappa shape index (κ1) is 19.0. The van der Waals surface area contributed by atoms with Crippen molar-refractivity contribution >= 4 is 29.2 Å². The molecule has 1 saturated heterocycles. The lowest BCUT2D eigenvalue weighted by Gasteiger charge is -2.29. The number of amides is 2. The van der Waals surface area contributed by atoms with Gasteiger partial charge in [0.05, 0.1) is 40.5 Å². The number of halogens is 4. The number of imide groups is 1. The van der Waals surface area contributed by atoms with Gasteiger partial charge in [-0.15, -0.1) is 0 Å². The number of aliphatic hydroxyl groups excluding tert-OH is 1. The van der Waals surface area contributed by atoms with Crippen LogP contribution in [0.3, 0.4) is 0 Å². The van der Waals surface area contributed by atoms with Crippen molar-refractivity contribution in [2.75, 3.05) is 12.1 Å². The number of carbonyl (C=O) groups excluding carboxylic acids is 2. The number of aliphatic hydroxyl groups is 1. The number of hydrogen-bond donors (Lipinski definition) is 1. The van der Waals surface area contributed by atoms with Gasteiger partial charge in [0, 0.05) is 13.2 Å². The molecule has 2 aliphatic carbocycles. The largest absolute Gasteiger partial charge is 0.417 e. The van der Waals surface area contributed by atoms with Crippen LogP contribution in [-0.4, -0.2) is 40.1 Å². The molecule has 0 spiro atoms. The molecule has 0 unspecified atom stereocenters. The molecule has 0 aromatic carbocycles. The van der Waals surface area contributed by atoms with E-state index in [4.69, 9.17) is 11.6 Å². The number of hydrazine groups is 1. The zero-order valence-electron chi connectivity index (χ0n) is 14.4. The third kappa shape index (κ3) is 2.42. The number of carbonyl (C=O) groups is 2. The molecule has 0 radical (unpaired) electrons. The summed E-state index contributed by atoms with van der Waals surface area (Å²) in [7, 11) is 1.30. The zero-order chi connectivity index (χ0) is 20.5. The summed E-state index contributed by atoms with van der Waals surface area (Å²) in [6, 6.07) is 2.68. The van der Waals surface area contributed by atoms with Crippen LogP contribution < -0.4 is 5.01 Å². The molecule has 1 aliphatic heterocycles. The Morgan fingerprint density at radius 3 is 2.46 bits per heavy atom. The van der Waals surface area contributed by atoms with E-state index in [1.807, 2.05) is 6.07 Å². The van der Waals surface area contributed by atoms with Crippen molar-refractivity contribution in [3.05, 3.63) is 22.8 Å². The first-order valence-corrected chi connectivity index (χ1v) is 8.87. The van der Waals surface area contributed by atoms with Crippen molar-refractivity contribution in [1.82, 2.24) is 9.99 Å². The number of alkyl halides is 3. The molecule has 2 saturated carbocycles. The fourth-order valence-corrected chi connectivity index (χ4v) is 5.12. The fourth-order valence-electron chi connectivity index (χ4n) is 4.83. The molecule has 6 atom stereocenters. The lowest BCUT2D eigenvalue weighted by atomic mass is 9.74. The first-order valence-electron chi connectivity index (χ1n) is 8.49. The lowest BCUT2D eigenvalue weighted by Crippen LogP contribution is -2.46. The number of nitriles is 1. The Morgan fingerprint density at radius 1 is 1.32 bits per heavy atom. The van der Waals surface area contributed by atoms with E-state index in [9.17, 15) is 33.1 Å². The smallest absolute Gasteiger partial charge is 0.391 e. The van der Waals surface area contributed by atoms with Crippen molar-refractivity contribution in [1.29, 1.82) is 5.26 Å². The Kier molecular flexibility index (Phi) is 4.10. The number of pyridine rings is 1. The minimum absolute atomic E-state index is 0.180. The van der Waals surface area contributed by atoms with Crippen molar-refractivity contribution in [2.24, 2.45) is 29.6 Å². The van der Waals surface area contributed by atoms with Crippen LogP contribution >= 0.6 is 11.6 Å². The summed E-state index contributed by atoms with van der Waals surface area (Å²) in [5, 5.41) is 21.0. The van der Waals surface area contributed by atoms with Crippen LogP contribution in [0.4, 0.5) is 19.0 Å². The molecule has 28 heavy (non-hydrogen) atoms. The highest BCUT2D eigenvalue weighted by Crippen LogP contribution is 2.58. The summed E-state index contributed by atoms with van der Waals surface area (Å²) in [5.41, 5.74) is -1.05. The molecule has 2 heterocycles. The Hall–Kier alpha value is -2.38. The first-order chi connectivity index (χ1) is 13.1. The average Bonchev–Trinajstić information content (AvgIpc) is 3.23. The van der Waals surface area contributed by atoms with Gasteiger partial charge in [0.2, 0.25) is 0 Å². The maximum absolute atomic E-state index is 12.9. The number of fused-ring (bicyclic) bond motifs is 5. The Labute approximate surface area is 162 Å². The minimum atomic E-state index is -4.63. The second-order valence-corrected chi connectivity index (χ2v) is 7.71. The average molecular weight is 415 g/mol. The van der Waals surface area contributed by atoms with E-state index < -0.39 is 59.2 Å². The third-order valence-corrected chi connectivity index (χ3v) is 6.29. The molecular weight excluding hydrogens is 401 g/mol. The van der Waals surface area contributed by atoms with Crippen LogP contribution in [-0.2, 0) is 15.8 Å². The maximum Gasteiger partial charge on any atom is 0.417 e. The van der Waals surface area contributed by atoms with Crippen molar-refractivity contribution in [3.8, 4) is 6.07 Å². The van der Waals surface area contributed by atoms with E-state index in [0.717, 1.165) is 10.0 Å². The standard InChI is InChI=1S/C17H14ClF3N4O3/c1-24(14-10(18)2-6(5-23-14)17(19,20)21)25-15(27)11-7-3-8(12(11)16(25)28)13(26)9(7)4-22/h2,5,7-9,11-13,26H,3H2,1H3/t7-,8+,9-,11+,12+,13-/m0/s1. The number of rotatable bonds is 2. The fraction of sp³-hybridized carbons (Fsp3) is 0.529. The predicted molar refractivity (Wildman–Crippen MR) is 88.2 cm³/mol. The number of hydrogen-bond acceptors (Lipinski definition) is 6. The summed E-state index contributed by atoms with van der Waals surface area (Å²) in [6.07, 6.45) is -4.62. The number of anilines is 1. The molecule has 2 amide bonds. The molecule has 148 valence electrons. The molecule has 1 aromatic rings. The topological polar surface area (TPSA) is 97.5 Å². The van der Waals surface area contributed by atoms with E-state index in [1.54, 1.807) is 0 Å². The van der Waals surface area contributed by atoms with Crippen LogP contribution in [0.5, 0.6) is 0 Å². The van der Waals surface area contributed by atoms with Gasteiger partial charge in [0.25, 0.3) is 11.8 Å². The Bertz CT molecular complexity index is 918. The number of aromatic nitrogens is 1. The van der Waals surface area contributed by atoms with Gasteiger partial charge in [-0.2, -0.15) is 23.4 Å². The third-order valence-electron chi connectivity index (χ3n) is 6.01. The molecule has 1 N–H and O–H groups in total. The highest BCUT2D eigenvalue weighted by atomic mass is 35.5. The molecule has 4 rings (SSSR count). The predicted octanol–water partition coefficient (Wildman–Crippen LogP) is 1.86. The van der Waals surface area contributed by atoms with Gasteiger partial charge in [-0.1, -0.05) is 11.6 Å². The quantitative estimate of drug-likeness (QED) is 0.742. The van der Waals surface area contributed by atoms with Gasteiger partial charge >= 0.3 is 6.18 Å². The van der Waals surface area contributed by atoms with E-state index in [-0.39, 0.29) is 10.8 Å². The van der Waals surface area contributed by atoms with Crippen LogP contribution in [0.15, 0.2) is 12.3 Å². The monoisotopic (exact) mass is 414 g/mol. The van der Waals surface area contributed by atoms with Gasteiger partial charge in [0.15, 0.2) is 5.82 Å². The Balaban J connectivity index is 1.65. The second-order valence-electron chi connectivity index (χ2n) is 7.30. The van der Waals surface area contributed by atoms with Gasteiger partial charge < -0.3 is 5.11 Å². The van der Waals surface area contributed by atoms with E-state index in [2.05, 4.69) is 4.98 Å². The molecule has 2 bridgehead atoms. The van der Waals surface area contributed by atoms with Crippen LogP contribution in [0.25, 0.3) is 0 Å². The molecule has 3 aliphatic rings. The molecule has 3 fully saturated rings. The highest BCUT2D eigenvalue weighted by Gasteiger charge is 2.68. The van der Waals surface area contributed by atoms with Gasteiger partial charge in [-0.3, -0.25) is 14.6 Å². The van der Waals surface area contributed by atoms with E-state index in [1.165, 1.54) is 7.05 Å². The SMILES string of the molecule is CN(c1ncc(C(F)(F)F)cc1Cl)N1C(=O)[C@@H]2[C@H]3C[C@@H]([C@H](C#N)[C@H]3O)[C@H]2C1=O. The summed E-state index contributed by atoms with van der Waals surface area (Å²) >= 11 is 5.93. The van der Waals surface area contributed by atoms with E-state index in [0.29, 0.717) is 18.7 Å². The summed E-state index contributed by atoms with van der Waals surface area (Å²) < 4.78 is 38.4. The zero-order valence-corrected chi connectivity index (χ0v) is 15.1. The summed E-state index contributed by atoms with van der Waals surface area (Å²) in [6.45, 7) is 0. The van der Waals surface area contributed by atoms with Gasteiger partial charge in [-0.25, -0.2) is 4.98 Å². The second kappa shape index (κ2) is 6.06. The number of nitrogens with zero attached hydrogens (tertiary/aromatic N) is 4. The maximum atomic E-state index is 12.9. The lowest BCUT2D eigenvalue weighted by molar-refractivity contribution is -0.142. The van der Waals surface area contributed by atoms with E-state index >= 15 is 0 Å². The minimum Gasteiger partial charge on any atom is -0.391 e. The molecule has 1 aromatic heterocycles. The van der Waals surface area contributed by atoms with Crippen LogP contribution in [0.1, 0.15) is 12.0 Å². The van der Waals surface area contributed by atoms with Crippen molar-refractivity contribution < 1.29 is 27.9 Å². The van der Waals surface area contributed by atoms with Gasteiger partial charge in [-0.05, 0) is 24.3 Å². The normalized spacial score (nSPS) is 34.0. The van der Waals surface area contributed by atoms with Gasteiger partial charge in [0.1, 0.15) is 0 Å². The van der Waals surface area contributed by atoms with Crippen molar-refractivity contribution in [3.63, 3.8) is 0 Å². The highest BCUT2D eigenvalue weighted by molar-refractivity contribution is 6.33. The van der Waals surface area contributed by atoms with Crippen molar-refractivity contribution in [2.45, 2.75) is 18.7 Å². The van der Waals surface area contributed by atoms with Crippen LogP contribution in [0, 0.1) is 40.9 Å².